The van der Waals surface area contributed by atoms with E-state index >= 15 is 0 Å². The highest BCUT2D eigenvalue weighted by atomic mass is 35.5. The van der Waals surface area contributed by atoms with Gasteiger partial charge in [0, 0.05) is 11.1 Å². The third-order valence-corrected chi connectivity index (χ3v) is 4.35. The Hall–Kier alpha value is -1.37. The van der Waals surface area contributed by atoms with Crippen molar-refractivity contribution in [2.75, 3.05) is 0 Å². The van der Waals surface area contributed by atoms with Crippen LogP contribution in [-0.4, -0.2) is 13.6 Å². The molecule has 0 aliphatic rings. The second-order valence-corrected chi connectivity index (χ2v) is 6.31. The molecule has 0 aliphatic heterocycles. The molecule has 0 bridgehead atoms. The van der Waals surface area contributed by atoms with Crippen LogP contribution in [0.1, 0.15) is 24.4 Å². The summed E-state index contributed by atoms with van der Waals surface area (Å²) in [5.74, 6) is 0.632. The standard InChI is InChI=1S/C12H13ClN2O3S/c1-8-7-12(14-18-8)9(2)15-19(16,17)11-5-3-10(13)4-6-11/h3-7,9,15H,1-2H3. The molecular formula is C12H13ClN2O3S. The van der Waals surface area contributed by atoms with Gasteiger partial charge in [0.15, 0.2) is 0 Å². The van der Waals surface area contributed by atoms with Gasteiger partial charge in [-0.3, -0.25) is 0 Å². The van der Waals surface area contributed by atoms with Crippen LogP contribution in [-0.2, 0) is 10.0 Å². The SMILES string of the molecule is Cc1cc(C(C)NS(=O)(=O)c2ccc(Cl)cc2)no1. The van der Waals surface area contributed by atoms with E-state index in [1.165, 1.54) is 24.3 Å². The molecule has 2 rings (SSSR count). The zero-order valence-electron chi connectivity index (χ0n) is 10.4. The van der Waals surface area contributed by atoms with Crippen LogP contribution < -0.4 is 4.72 Å². The van der Waals surface area contributed by atoms with Gasteiger partial charge in [-0.2, -0.15) is 0 Å². The number of hydrogen-bond acceptors (Lipinski definition) is 4. The van der Waals surface area contributed by atoms with Crippen molar-refractivity contribution in [3.05, 3.63) is 46.8 Å². The number of aromatic nitrogens is 1. The Morgan fingerprint density at radius 3 is 2.47 bits per heavy atom. The molecule has 0 fully saturated rings. The van der Waals surface area contributed by atoms with Crippen molar-refractivity contribution < 1.29 is 12.9 Å². The average molecular weight is 301 g/mol. The molecule has 1 aromatic carbocycles. The molecule has 5 nitrogen and oxygen atoms in total. The third-order valence-electron chi connectivity index (χ3n) is 2.55. The number of rotatable bonds is 4. The number of nitrogens with zero attached hydrogens (tertiary/aromatic N) is 1. The van der Waals surface area contributed by atoms with Crippen molar-refractivity contribution in [3.8, 4) is 0 Å². The fourth-order valence-electron chi connectivity index (χ4n) is 1.56. The summed E-state index contributed by atoms with van der Waals surface area (Å²) in [6.45, 7) is 3.45. The first kappa shape index (κ1) is 14.0. The number of benzene rings is 1. The number of halogens is 1. The minimum atomic E-state index is -3.61. The topological polar surface area (TPSA) is 72.2 Å². The first-order chi connectivity index (χ1) is 8.88. The fraction of sp³-hybridized carbons (Fsp3) is 0.250. The van der Waals surface area contributed by atoms with E-state index in [-0.39, 0.29) is 4.90 Å². The van der Waals surface area contributed by atoms with E-state index in [9.17, 15) is 8.42 Å². The highest BCUT2D eigenvalue weighted by molar-refractivity contribution is 7.89. The number of hydrogen-bond donors (Lipinski definition) is 1. The molecule has 0 spiro atoms. The molecule has 0 radical (unpaired) electrons. The lowest BCUT2D eigenvalue weighted by Gasteiger charge is -2.11. The van der Waals surface area contributed by atoms with Crippen molar-refractivity contribution in [3.63, 3.8) is 0 Å². The monoisotopic (exact) mass is 300 g/mol. The molecule has 0 amide bonds. The zero-order valence-corrected chi connectivity index (χ0v) is 12.0. The predicted octanol–water partition coefficient (Wildman–Crippen LogP) is 2.68. The summed E-state index contributed by atoms with van der Waals surface area (Å²) < 4.78 is 31.7. The van der Waals surface area contributed by atoms with Crippen molar-refractivity contribution in [2.45, 2.75) is 24.8 Å². The Morgan fingerprint density at radius 2 is 1.95 bits per heavy atom. The van der Waals surface area contributed by atoms with Crippen molar-refractivity contribution in [1.82, 2.24) is 9.88 Å². The van der Waals surface area contributed by atoms with Crippen LogP contribution in [0.15, 0.2) is 39.8 Å². The Labute approximate surface area is 116 Å². The highest BCUT2D eigenvalue weighted by Crippen LogP contribution is 2.18. The van der Waals surface area contributed by atoms with Gasteiger partial charge in [0.1, 0.15) is 11.5 Å². The van der Waals surface area contributed by atoms with Crippen molar-refractivity contribution in [2.24, 2.45) is 0 Å². The van der Waals surface area contributed by atoms with E-state index < -0.39 is 16.1 Å². The van der Waals surface area contributed by atoms with Gasteiger partial charge >= 0.3 is 0 Å². The molecule has 1 heterocycles. The molecular weight excluding hydrogens is 288 g/mol. The lowest BCUT2D eigenvalue weighted by molar-refractivity contribution is 0.385. The average Bonchev–Trinajstić information content (AvgIpc) is 2.76. The number of sulfonamides is 1. The summed E-state index contributed by atoms with van der Waals surface area (Å²) in [6, 6.07) is 7.17. The van der Waals surface area contributed by atoms with Crippen molar-refractivity contribution in [1.29, 1.82) is 0 Å². The molecule has 0 saturated carbocycles. The van der Waals surface area contributed by atoms with Crippen LogP contribution >= 0.6 is 11.6 Å². The van der Waals surface area contributed by atoms with Gasteiger partial charge in [-0.1, -0.05) is 16.8 Å². The quantitative estimate of drug-likeness (QED) is 0.942. The molecule has 19 heavy (non-hydrogen) atoms. The summed E-state index contributed by atoms with van der Waals surface area (Å²) in [5.41, 5.74) is 0.537. The van der Waals surface area contributed by atoms with E-state index in [4.69, 9.17) is 16.1 Å². The maximum absolute atomic E-state index is 12.1. The fourth-order valence-corrected chi connectivity index (χ4v) is 2.91. The molecule has 0 aliphatic carbocycles. The molecule has 1 aromatic heterocycles. The zero-order chi connectivity index (χ0) is 14.0. The van der Waals surface area contributed by atoms with Crippen LogP contribution in [0.2, 0.25) is 5.02 Å². The van der Waals surface area contributed by atoms with Gasteiger partial charge in [0.05, 0.1) is 10.9 Å². The molecule has 1 atom stereocenters. The molecule has 7 heteroatoms. The second kappa shape index (κ2) is 5.32. The summed E-state index contributed by atoms with van der Waals surface area (Å²) in [6.07, 6.45) is 0. The van der Waals surface area contributed by atoms with Gasteiger partial charge < -0.3 is 4.52 Å². The molecule has 2 aromatic rings. The van der Waals surface area contributed by atoms with Gasteiger partial charge in [-0.05, 0) is 38.1 Å². The van der Waals surface area contributed by atoms with Gasteiger partial charge in [0.2, 0.25) is 10.0 Å². The van der Waals surface area contributed by atoms with E-state index in [2.05, 4.69) is 9.88 Å². The predicted molar refractivity (Wildman–Crippen MR) is 71.4 cm³/mol. The largest absolute Gasteiger partial charge is 0.361 e. The lowest BCUT2D eigenvalue weighted by atomic mass is 10.2. The smallest absolute Gasteiger partial charge is 0.241 e. The Bertz CT molecular complexity index is 665. The molecule has 102 valence electrons. The third kappa shape index (κ3) is 3.34. The molecule has 0 saturated heterocycles. The normalized spacial score (nSPS) is 13.4. The minimum absolute atomic E-state index is 0.156. The minimum Gasteiger partial charge on any atom is -0.361 e. The van der Waals surface area contributed by atoms with Gasteiger partial charge in [0.25, 0.3) is 0 Å². The summed E-state index contributed by atoms with van der Waals surface area (Å²) in [4.78, 5) is 0.156. The lowest BCUT2D eigenvalue weighted by Crippen LogP contribution is -2.27. The maximum Gasteiger partial charge on any atom is 0.241 e. The first-order valence-electron chi connectivity index (χ1n) is 5.59. The van der Waals surface area contributed by atoms with Crippen LogP contribution in [0.4, 0.5) is 0 Å². The Morgan fingerprint density at radius 1 is 1.32 bits per heavy atom. The number of aryl methyl sites for hydroxylation is 1. The molecule has 1 unspecified atom stereocenters. The van der Waals surface area contributed by atoms with Crippen LogP contribution in [0.25, 0.3) is 0 Å². The van der Waals surface area contributed by atoms with Gasteiger partial charge in [-0.15, -0.1) is 0 Å². The van der Waals surface area contributed by atoms with E-state index in [1.54, 1.807) is 19.9 Å². The van der Waals surface area contributed by atoms with Gasteiger partial charge in [-0.25, -0.2) is 13.1 Å². The van der Waals surface area contributed by atoms with Crippen LogP contribution in [0.3, 0.4) is 0 Å². The number of nitrogens with one attached hydrogen (secondary N) is 1. The Kier molecular flexibility index (Phi) is 3.93. The van der Waals surface area contributed by atoms with E-state index in [0.717, 1.165) is 0 Å². The van der Waals surface area contributed by atoms with Crippen LogP contribution in [0.5, 0.6) is 0 Å². The summed E-state index contributed by atoms with van der Waals surface area (Å²) in [7, 11) is -3.61. The summed E-state index contributed by atoms with van der Waals surface area (Å²) >= 11 is 5.73. The highest BCUT2D eigenvalue weighted by Gasteiger charge is 2.20. The molecule has 1 N–H and O–H groups in total. The first-order valence-corrected chi connectivity index (χ1v) is 7.46. The van der Waals surface area contributed by atoms with E-state index in [0.29, 0.717) is 16.5 Å². The Balaban J connectivity index is 2.19. The second-order valence-electron chi connectivity index (χ2n) is 4.16. The maximum atomic E-state index is 12.1. The van der Waals surface area contributed by atoms with E-state index in [1.807, 2.05) is 0 Å². The van der Waals surface area contributed by atoms with Crippen molar-refractivity contribution >= 4 is 21.6 Å². The summed E-state index contributed by atoms with van der Waals surface area (Å²) in [5, 5.41) is 4.27. The van der Waals surface area contributed by atoms with Crippen LogP contribution in [0, 0.1) is 6.92 Å².